The number of anilines is 1. The molecule has 1 saturated heterocycles. The molecule has 2 atom stereocenters. The third-order valence-corrected chi connectivity index (χ3v) is 3.23. The van der Waals surface area contributed by atoms with Crippen molar-refractivity contribution in [2.24, 2.45) is 0 Å². The van der Waals surface area contributed by atoms with Crippen LogP contribution in [0.5, 0.6) is 0 Å². The molecule has 0 radical (unpaired) electrons. The number of nitrogens with zero attached hydrogens (tertiary/aromatic N) is 2. The summed E-state index contributed by atoms with van der Waals surface area (Å²) in [6.07, 6.45) is 1.81. The number of nitrogens with one attached hydrogen (secondary N) is 1. The van der Waals surface area contributed by atoms with Gasteiger partial charge in [0, 0.05) is 31.4 Å². The van der Waals surface area contributed by atoms with Gasteiger partial charge in [0.25, 0.3) is 0 Å². The van der Waals surface area contributed by atoms with Gasteiger partial charge in [0.2, 0.25) is 0 Å². The zero-order chi connectivity index (χ0) is 12.1. The van der Waals surface area contributed by atoms with E-state index in [1.807, 2.05) is 24.4 Å². The number of hydrogen-bond donors (Lipinski definition) is 1. The van der Waals surface area contributed by atoms with Crippen LogP contribution in [0.1, 0.15) is 13.8 Å². The summed E-state index contributed by atoms with van der Waals surface area (Å²) in [7, 11) is 0. The van der Waals surface area contributed by atoms with Gasteiger partial charge in [-0.1, -0.05) is 6.07 Å². The lowest BCUT2D eigenvalue weighted by molar-refractivity contribution is -0.0159. The van der Waals surface area contributed by atoms with Crippen LogP contribution in [0.25, 0.3) is 0 Å². The molecule has 1 aromatic rings. The van der Waals surface area contributed by atoms with E-state index in [4.69, 9.17) is 4.74 Å². The number of aromatic nitrogens is 1. The molecule has 0 spiro atoms. The standard InChI is InChI=1S/C13H21N3O/c1-11(16-7-8-17-10-12(16)2)9-15-13-5-3-4-6-14-13/h3-6,11-12H,7-10H2,1-2H3,(H,14,15)/t11-,12-/m1/s1. The van der Waals surface area contributed by atoms with Crippen molar-refractivity contribution < 1.29 is 4.74 Å². The van der Waals surface area contributed by atoms with Crippen LogP contribution in [0.3, 0.4) is 0 Å². The molecule has 1 N–H and O–H groups in total. The Bertz CT molecular complexity index is 331. The average molecular weight is 235 g/mol. The van der Waals surface area contributed by atoms with Gasteiger partial charge in [0.1, 0.15) is 5.82 Å². The molecule has 1 aliphatic heterocycles. The maximum absolute atomic E-state index is 5.45. The van der Waals surface area contributed by atoms with Crippen LogP contribution >= 0.6 is 0 Å². The molecule has 4 heteroatoms. The van der Waals surface area contributed by atoms with Crippen molar-refractivity contribution in [1.82, 2.24) is 9.88 Å². The highest BCUT2D eigenvalue weighted by Crippen LogP contribution is 2.11. The van der Waals surface area contributed by atoms with E-state index in [1.54, 1.807) is 0 Å². The summed E-state index contributed by atoms with van der Waals surface area (Å²) in [6, 6.07) is 6.92. The quantitative estimate of drug-likeness (QED) is 0.860. The van der Waals surface area contributed by atoms with Gasteiger partial charge in [-0.25, -0.2) is 4.98 Å². The lowest BCUT2D eigenvalue weighted by Crippen LogP contribution is -2.50. The highest BCUT2D eigenvalue weighted by atomic mass is 16.5. The Morgan fingerprint density at radius 1 is 1.59 bits per heavy atom. The molecular formula is C13H21N3O. The lowest BCUT2D eigenvalue weighted by Gasteiger charge is -2.37. The van der Waals surface area contributed by atoms with Gasteiger partial charge in [-0.15, -0.1) is 0 Å². The van der Waals surface area contributed by atoms with Crippen LogP contribution < -0.4 is 5.32 Å². The molecule has 0 amide bonds. The number of morpholine rings is 1. The van der Waals surface area contributed by atoms with Crippen molar-refractivity contribution in [2.75, 3.05) is 31.6 Å². The highest BCUT2D eigenvalue weighted by molar-refractivity contribution is 5.33. The number of rotatable bonds is 4. The second-order valence-corrected chi connectivity index (χ2v) is 4.61. The molecule has 0 bridgehead atoms. The number of pyridine rings is 1. The summed E-state index contributed by atoms with van der Waals surface area (Å²) in [6.45, 7) is 8.09. The van der Waals surface area contributed by atoms with Gasteiger partial charge >= 0.3 is 0 Å². The second kappa shape index (κ2) is 5.98. The summed E-state index contributed by atoms with van der Waals surface area (Å²) < 4.78 is 5.45. The summed E-state index contributed by atoms with van der Waals surface area (Å²) in [5.74, 6) is 0.945. The first-order chi connectivity index (χ1) is 8.27. The van der Waals surface area contributed by atoms with E-state index in [0.29, 0.717) is 12.1 Å². The first-order valence-corrected chi connectivity index (χ1v) is 6.26. The Morgan fingerprint density at radius 3 is 3.18 bits per heavy atom. The molecular weight excluding hydrogens is 214 g/mol. The van der Waals surface area contributed by atoms with Crippen molar-refractivity contribution in [1.29, 1.82) is 0 Å². The third-order valence-electron chi connectivity index (χ3n) is 3.23. The van der Waals surface area contributed by atoms with Crippen molar-refractivity contribution in [2.45, 2.75) is 25.9 Å². The lowest BCUT2D eigenvalue weighted by atomic mass is 10.2. The predicted octanol–water partition coefficient (Wildman–Crippen LogP) is 1.60. The zero-order valence-electron chi connectivity index (χ0n) is 10.6. The molecule has 0 aromatic carbocycles. The predicted molar refractivity (Wildman–Crippen MR) is 69.2 cm³/mol. The highest BCUT2D eigenvalue weighted by Gasteiger charge is 2.23. The first kappa shape index (κ1) is 12.3. The third kappa shape index (κ3) is 3.41. The molecule has 2 rings (SSSR count). The van der Waals surface area contributed by atoms with E-state index in [0.717, 1.165) is 32.1 Å². The van der Waals surface area contributed by atoms with Crippen molar-refractivity contribution in [3.63, 3.8) is 0 Å². The fourth-order valence-corrected chi connectivity index (χ4v) is 2.23. The Kier molecular flexibility index (Phi) is 4.34. The fourth-order valence-electron chi connectivity index (χ4n) is 2.23. The Hall–Kier alpha value is -1.13. The molecule has 0 saturated carbocycles. The first-order valence-electron chi connectivity index (χ1n) is 6.26. The van der Waals surface area contributed by atoms with Gasteiger partial charge in [0.05, 0.1) is 13.2 Å². The van der Waals surface area contributed by atoms with Crippen LogP contribution in [0, 0.1) is 0 Å². The van der Waals surface area contributed by atoms with Crippen molar-refractivity contribution >= 4 is 5.82 Å². The SMILES string of the molecule is C[C@H](CNc1ccccn1)N1CCOC[C@H]1C. The monoisotopic (exact) mass is 235 g/mol. The normalized spacial score (nSPS) is 23.3. The smallest absolute Gasteiger partial charge is 0.125 e. The molecule has 0 aliphatic carbocycles. The molecule has 0 unspecified atom stereocenters. The van der Waals surface area contributed by atoms with E-state index < -0.39 is 0 Å². The maximum atomic E-state index is 5.45. The Labute approximate surface area is 103 Å². The summed E-state index contributed by atoms with van der Waals surface area (Å²) in [5.41, 5.74) is 0. The van der Waals surface area contributed by atoms with E-state index >= 15 is 0 Å². The molecule has 4 nitrogen and oxygen atoms in total. The van der Waals surface area contributed by atoms with Crippen LogP contribution in [0.2, 0.25) is 0 Å². The minimum Gasteiger partial charge on any atom is -0.379 e. The van der Waals surface area contributed by atoms with E-state index in [2.05, 4.69) is 29.0 Å². The van der Waals surface area contributed by atoms with Gasteiger partial charge in [-0.3, -0.25) is 4.90 Å². The second-order valence-electron chi connectivity index (χ2n) is 4.61. The number of ether oxygens (including phenoxy) is 1. The van der Waals surface area contributed by atoms with Crippen molar-refractivity contribution in [3.8, 4) is 0 Å². The Morgan fingerprint density at radius 2 is 2.47 bits per heavy atom. The van der Waals surface area contributed by atoms with Gasteiger partial charge < -0.3 is 10.1 Å². The summed E-state index contributed by atoms with van der Waals surface area (Å²) in [5, 5.41) is 3.37. The van der Waals surface area contributed by atoms with Crippen LogP contribution in [0.15, 0.2) is 24.4 Å². The van der Waals surface area contributed by atoms with E-state index in [-0.39, 0.29) is 0 Å². The number of hydrogen-bond acceptors (Lipinski definition) is 4. The van der Waals surface area contributed by atoms with Gasteiger partial charge in [-0.2, -0.15) is 0 Å². The maximum Gasteiger partial charge on any atom is 0.125 e. The summed E-state index contributed by atoms with van der Waals surface area (Å²) >= 11 is 0. The molecule has 2 heterocycles. The van der Waals surface area contributed by atoms with Crippen molar-refractivity contribution in [3.05, 3.63) is 24.4 Å². The fraction of sp³-hybridized carbons (Fsp3) is 0.615. The minimum atomic E-state index is 0.496. The Balaban J connectivity index is 1.82. The zero-order valence-corrected chi connectivity index (χ0v) is 10.6. The van der Waals surface area contributed by atoms with E-state index in [1.165, 1.54) is 0 Å². The molecule has 1 aliphatic rings. The topological polar surface area (TPSA) is 37.4 Å². The average Bonchev–Trinajstić information content (AvgIpc) is 2.38. The molecule has 94 valence electrons. The molecule has 1 fully saturated rings. The molecule has 17 heavy (non-hydrogen) atoms. The van der Waals surface area contributed by atoms with Crippen LogP contribution in [-0.4, -0.2) is 48.3 Å². The van der Waals surface area contributed by atoms with E-state index in [9.17, 15) is 0 Å². The molecule has 1 aromatic heterocycles. The van der Waals surface area contributed by atoms with Gasteiger partial charge in [-0.05, 0) is 26.0 Å². The van der Waals surface area contributed by atoms with Crippen LogP contribution in [0.4, 0.5) is 5.82 Å². The summed E-state index contributed by atoms with van der Waals surface area (Å²) in [4.78, 5) is 6.75. The van der Waals surface area contributed by atoms with Crippen LogP contribution in [-0.2, 0) is 4.74 Å². The largest absolute Gasteiger partial charge is 0.379 e. The minimum absolute atomic E-state index is 0.496. The van der Waals surface area contributed by atoms with Gasteiger partial charge in [0.15, 0.2) is 0 Å².